The molecule has 1 rings (SSSR count). The Morgan fingerprint density at radius 1 is 1.40 bits per heavy atom. The number of methoxy groups -OCH3 is 1. The SMILES string of the molecule is CCc1ccc(OC)c(O)c1CCNC. The second-order valence-corrected chi connectivity index (χ2v) is 3.46. The summed E-state index contributed by atoms with van der Waals surface area (Å²) in [4.78, 5) is 0. The highest BCUT2D eigenvalue weighted by Crippen LogP contribution is 2.32. The first-order valence-electron chi connectivity index (χ1n) is 5.26. The van der Waals surface area contributed by atoms with Crippen molar-refractivity contribution in [2.24, 2.45) is 0 Å². The van der Waals surface area contributed by atoms with E-state index in [4.69, 9.17) is 4.74 Å². The number of hydrogen-bond donors (Lipinski definition) is 2. The molecule has 0 aliphatic carbocycles. The molecule has 0 fully saturated rings. The third kappa shape index (κ3) is 2.63. The van der Waals surface area contributed by atoms with E-state index in [0.29, 0.717) is 5.75 Å². The number of benzene rings is 1. The van der Waals surface area contributed by atoms with Crippen molar-refractivity contribution in [1.82, 2.24) is 5.32 Å². The Bertz CT molecular complexity index is 324. The van der Waals surface area contributed by atoms with Crippen molar-refractivity contribution in [2.75, 3.05) is 20.7 Å². The zero-order valence-corrected chi connectivity index (χ0v) is 9.63. The number of hydrogen-bond acceptors (Lipinski definition) is 3. The number of ether oxygens (including phenoxy) is 1. The van der Waals surface area contributed by atoms with Gasteiger partial charge in [-0.1, -0.05) is 13.0 Å². The fourth-order valence-corrected chi connectivity index (χ4v) is 1.68. The maximum absolute atomic E-state index is 9.97. The zero-order chi connectivity index (χ0) is 11.3. The van der Waals surface area contributed by atoms with Crippen LogP contribution in [0.4, 0.5) is 0 Å². The molecule has 0 aliphatic heterocycles. The molecular weight excluding hydrogens is 190 g/mol. The lowest BCUT2D eigenvalue weighted by molar-refractivity contribution is 0.370. The normalized spacial score (nSPS) is 10.3. The Morgan fingerprint density at radius 3 is 2.67 bits per heavy atom. The van der Waals surface area contributed by atoms with Gasteiger partial charge < -0.3 is 15.2 Å². The molecule has 0 amide bonds. The van der Waals surface area contributed by atoms with E-state index in [0.717, 1.165) is 24.9 Å². The van der Waals surface area contributed by atoms with Gasteiger partial charge in [-0.3, -0.25) is 0 Å². The van der Waals surface area contributed by atoms with E-state index in [1.165, 1.54) is 5.56 Å². The molecule has 1 aromatic rings. The number of likely N-dealkylation sites (N-methyl/N-ethyl adjacent to an activating group) is 1. The Labute approximate surface area is 91.1 Å². The molecule has 0 bridgehead atoms. The van der Waals surface area contributed by atoms with Crippen molar-refractivity contribution in [3.8, 4) is 11.5 Å². The molecule has 0 aliphatic rings. The van der Waals surface area contributed by atoms with Crippen LogP contribution in [0.2, 0.25) is 0 Å². The van der Waals surface area contributed by atoms with Gasteiger partial charge in [-0.2, -0.15) is 0 Å². The van der Waals surface area contributed by atoms with E-state index >= 15 is 0 Å². The average molecular weight is 209 g/mol. The smallest absolute Gasteiger partial charge is 0.161 e. The van der Waals surface area contributed by atoms with Crippen molar-refractivity contribution < 1.29 is 9.84 Å². The number of nitrogens with one attached hydrogen (secondary N) is 1. The average Bonchev–Trinajstić information content (AvgIpc) is 2.27. The summed E-state index contributed by atoms with van der Waals surface area (Å²) in [6.07, 6.45) is 1.75. The number of aromatic hydroxyl groups is 1. The number of aryl methyl sites for hydroxylation is 1. The molecule has 15 heavy (non-hydrogen) atoms. The quantitative estimate of drug-likeness (QED) is 0.776. The number of rotatable bonds is 5. The first-order valence-corrected chi connectivity index (χ1v) is 5.26. The lowest BCUT2D eigenvalue weighted by atomic mass is 10.0. The van der Waals surface area contributed by atoms with E-state index < -0.39 is 0 Å². The molecule has 0 aromatic heterocycles. The standard InChI is InChI=1S/C12H19NO2/c1-4-9-5-6-11(15-3)12(14)10(9)7-8-13-2/h5-6,13-14H,4,7-8H2,1-3H3. The molecule has 3 nitrogen and oxygen atoms in total. The molecule has 0 saturated heterocycles. The largest absolute Gasteiger partial charge is 0.504 e. The Balaban J connectivity index is 3.05. The fourth-order valence-electron chi connectivity index (χ4n) is 1.68. The summed E-state index contributed by atoms with van der Waals surface area (Å²) in [5, 5.41) is 13.1. The highest BCUT2D eigenvalue weighted by atomic mass is 16.5. The highest BCUT2D eigenvalue weighted by Gasteiger charge is 2.11. The minimum absolute atomic E-state index is 0.284. The Morgan fingerprint density at radius 2 is 2.13 bits per heavy atom. The summed E-state index contributed by atoms with van der Waals surface area (Å²) in [6.45, 7) is 2.94. The lowest BCUT2D eigenvalue weighted by Crippen LogP contribution is -2.11. The van der Waals surface area contributed by atoms with E-state index in [-0.39, 0.29) is 5.75 Å². The van der Waals surface area contributed by atoms with Gasteiger partial charge in [0.15, 0.2) is 11.5 Å². The van der Waals surface area contributed by atoms with Crippen LogP contribution in [0.3, 0.4) is 0 Å². The second kappa shape index (κ2) is 5.61. The van der Waals surface area contributed by atoms with Gasteiger partial charge in [0.2, 0.25) is 0 Å². The van der Waals surface area contributed by atoms with Crippen LogP contribution in [0, 0.1) is 0 Å². The van der Waals surface area contributed by atoms with Crippen LogP contribution in [-0.4, -0.2) is 25.8 Å². The third-order valence-corrected chi connectivity index (χ3v) is 2.57. The summed E-state index contributed by atoms with van der Waals surface area (Å²) < 4.78 is 5.09. The highest BCUT2D eigenvalue weighted by molar-refractivity contribution is 5.50. The van der Waals surface area contributed by atoms with Crippen LogP contribution in [0.25, 0.3) is 0 Å². The third-order valence-electron chi connectivity index (χ3n) is 2.57. The molecule has 84 valence electrons. The Hall–Kier alpha value is -1.22. The van der Waals surface area contributed by atoms with Gasteiger partial charge in [-0.25, -0.2) is 0 Å². The minimum Gasteiger partial charge on any atom is -0.504 e. The van der Waals surface area contributed by atoms with Crippen molar-refractivity contribution in [1.29, 1.82) is 0 Å². The minimum atomic E-state index is 0.284. The van der Waals surface area contributed by atoms with Crippen LogP contribution in [0.15, 0.2) is 12.1 Å². The van der Waals surface area contributed by atoms with Crippen LogP contribution in [0.5, 0.6) is 11.5 Å². The van der Waals surface area contributed by atoms with Gasteiger partial charge in [0.1, 0.15) is 0 Å². The summed E-state index contributed by atoms with van der Waals surface area (Å²) in [7, 11) is 3.48. The van der Waals surface area contributed by atoms with E-state index in [1.807, 2.05) is 19.2 Å². The van der Waals surface area contributed by atoms with Gasteiger partial charge in [-0.15, -0.1) is 0 Å². The van der Waals surface area contributed by atoms with Gasteiger partial charge in [-0.05, 0) is 38.1 Å². The van der Waals surface area contributed by atoms with Crippen molar-refractivity contribution in [3.05, 3.63) is 23.3 Å². The molecular formula is C12H19NO2. The van der Waals surface area contributed by atoms with Gasteiger partial charge in [0.05, 0.1) is 7.11 Å². The van der Waals surface area contributed by atoms with Gasteiger partial charge in [0.25, 0.3) is 0 Å². The summed E-state index contributed by atoms with van der Waals surface area (Å²) in [5.41, 5.74) is 2.18. The van der Waals surface area contributed by atoms with Crippen LogP contribution in [-0.2, 0) is 12.8 Å². The summed E-state index contributed by atoms with van der Waals surface area (Å²) in [5.74, 6) is 0.838. The number of phenolic OH excluding ortho intramolecular Hbond substituents is 1. The molecule has 0 atom stereocenters. The predicted octanol–water partition coefficient (Wildman–Crippen LogP) is 1.73. The zero-order valence-electron chi connectivity index (χ0n) is 9.63. The van der Waals surface area contributed by atoms with Crippen LogP contribution >= 0.6 is 0 Å². The van der Waals surface area contributed by atoms with E-state index in [2.05, 4.69) is 12.2 Å². The fraction of sp³-hybridized carbons (Fsp3) is 0.500. The molecule has 0 spiro atoms. The molecule has 0 unspecified atom stereocenters. The molecule has 1 aromatic carbocycles. The van der Waals surface area contributed by atoms with Crippen molar-refractivity contribution in [2.45, 2.75) is 19.8 Å². The molecule has 0 heterocycles. The molecule has 3 heteroatoms. The number of phenols is 1. The van der Waals surface area contributed by atoms with E-state index in [9.17, 15) is 5.11 Å². The van der Waals surface area contributed by atoms with Crippen LogP contribution < -0.4 is 10.1 Å². The predicted molar refractivity (Wildman–Crippen MR) is 61.7 cm³/mol. The van der Waals surface area contributed by atoms with Crippen LogP contribution in [0.1, 0.15) is 18.1 Å². The maximum Gasteiger partial charge on any atom is 0.161 e. The topological polar surface area (TPSA) is 41.5 Å². The summed E-state index contributed by atoms with van der Waals surface area (Å²) >= 11 is 0. The summed E-state index contributed by atoms with van der Waals surface area (Å²) in [6, 6.07) is 3.83. The maximum atomic E-state index is 9.97. The lowest BCUT2D eigenvalue weighted by Gasteiger charge is -2.13. The Kier molecular flexibility index (Phi) is 4.43. The van der Waals surface area contributed by atoms with E-state index in [1.54, 1.807) is 7.11 Å². The molecule has 0 radical (unpaired) electrons. The first-order chi connectivity index (χ1) is 7.24. The van der Waals surface area contributed by atoms with Gasteiger partial charge in [0, 0.05) is 5.56 Å². The second-order valence-electron chi connectivity index (χ2n) is 3.46. The van der Waals surface area contributed by atoms with Crippen molar-refractivity contribution >= 4 is 0 Å². The first kappa shape index (κ1) is 11.9. The van der Waals surface area contributed by atoms with Gasteiger partial charge >= 0.3 is 0 Å². The molecule has 2 N–H and O–H groups in total. The monoisotopic (exact) mass is 209 g/mol. The van der Waals surface area contributed by atoms with Crippen molar-refractivity contribution in [3.63, 3.8) is 0 Å². The molecule has 0 saturated carbocycles.